The van der Waals surface area contributed by atoms with Crippen LogP contribution in [0.15, 0.2) is 54.7 Å². The Morgan fingerprint density at radius 2 is 1.71 bits per heavy atom. The number of para-hydroxylation sites is 1. The predicted molar refractivity (Wildman–Crippen MR) is 109 cm³/mol. The molecule has 0 amide bonds. The van der Waals surface area contributed by atoms with E-state index in [-0.39, 0.29) is 5.75 Å². The summed E-state index contributed by atoms with van der Waals surface area (Å²) in [6, 6.07) is 16.0. The minimum Gasteiger partial charge on any atom is -0.507 e. The number of nitrogen functional groups attached to an aromatic ring is 1. The van der Waals surface area contributed by atoms with Gasteiger partial charge in [-0.05, 0) is 43.2 Å². The molecule has 0 radical (unpaired) electrons. The number of benzene rings is 1. The minimum absolute atomic E-state index is 0.188. The van der Waals surface area contributed by atoms with Crippen molar-refractivity contribution in [2.24, 2.45) is 0 Å². The largest absolute Gasteiger partial charge is 0.507 e. The molecule has 2 unspecified atom stereocenters. The van der Waals surface area contributed by atoms with Crippen LogP contribution in [-0.2, 0) is 0 Å². The molecule has 2 atom stereocenters. The van der Waals surface area contributed by atoms with Gasteiger partial charge in [-0.25, -0.2) is 4.98 Å². The Hall–Kier alpha value is -3.35. The molecule has 142 valence electrons. The summed E-state index contributed by atoms with van der Waals surface area (Å²) < 4.78 is 0. The average Bonchev–Trinajstić information content (AvgIpc) is 2.99. The first-order valence-electron chi connectivity index (χ1n) is 9.56. The highest BCUT2D eigenvalue weighted by atomic mass is 16.3. The first kappa shape index (κ1) is 16.8. The van der Waals surface area contributed by atoms with Crippen molar-refractivity contribution in [3.8, 4) is 17.0 Å². The summed E-state index contributed by atoms with van der Waals surface area (Å²) in [6.07, 6.45) is 4.13. The first-order chi connectivity index (χ1) is 13.7. The third kappa shape index (κ3) is 2.79. The SMILES string of the molecule is Nc1nnc(-c2ccccc2O)cc1N1CC2CCC(C1)N2c1ccccn1. The maximum Gasteiger partial charge on any atom is 0.169 e. The molecule has 7 nitrogen and oxygen atoms in total. The molecule has 28 heavy (non-hydrogen) atoms. The van der Waals surface area contributed by atoms with Crippen molar-refractivity contribution < 1.29 is 5.11 Å². The molecule has 3 aromatic rings. The lowest BCUT2D eigenvalue weighted by Crippen LogP contribution is -2.54. The van der Waals surface area contributed by atoms with E-state index in [0.717, 1.165) is 37.4 Å². The van der Waals surface area contributed by atoms with Crippen LogP contribution in [0.1, 0.15) is 12.8 Å². The monoisotopic (exact) mass is 374 g/mol. The van der Waals surface area contributed by atoms with Crippen LogP contribution >= 0.6 is 0 Å². The number of piperazine rings is 1. The van der Waals surface area contributed by atoms with Crippen molar-refractivity contribution in [3.63, 3.8) is 0 Å². The van der Waals surface area contributed by atoms with Crippen LogP contribution in [0.3, 0.4) is 0 Å². The molecule has 1 aromatic carbocycles. The molecule has 3 N–H and O–H groups in total. The van der Waals surface area contributed by atoms with Crippen molar-refractivity contribution in [1.82, 2.24) is 15.2 Å². The molecule has 7 heteroatoms. The third-order valence-corrected chi connectivity index (χ3v) is 5.72. The zero-order chi connectivity index (χ0) is 19.1. The van der Waals surface area contributed by atoms with Gasteiger partial charge in [-0.2, -0.15) is 0 Å². The van der Waals surface area contributed by atoms with Gasteiger partial charge in [-0.3, -0.25) is 0 Å². The molecule has 2 fully saturated rings. The van der Waals surface area contributed by atoms with Gasteiger partial charge in [0.05, 0.1) is 11.4 Å². The highest BCUT2D eigenvalue weighted by Crippen LogP contribution is 2.38. The molecule has 0 saturated carbocycles. The van der Waals surface area contributed by atoms with E-state index in [9.17, 15) is 5.11 Å². The van der Waals surface area contributed by atoms with Gasteiger partial charge >= 0.3 is 0 Å². The van der Waals surface area contributed by atoms with Crippen molar-refractivity contribution >= 4 is 17.3 Å². The summed E-state index contributed by atoms with van der Waals surface area (Å²) in [5.74, 6) is 1.66. The van der Waals surface area contributed by atoms with E-state index >= 15 is 0 Å². The number of rotatable bonds is 3. The van der Waals surface area contributed by atoms with Gasteiger partial charge in [0.25, 0.3) is 0 Å². The molecule has 0 spiro atoms. The molecule has 2 bridgehead atoms. The molecule has 0 aliphatic carbocycles. The van der Waals surface area contributed by atoms with Gasteiger partial charge in [0.2, 0.25) is 0 Å². The Balaban J connectivity index is 1.45. The van der Waals surface area contributed by atoms with Crippen molar-refractivity contribution in [1.29, 1.82) is 0 Å². The molecule has 2 saturated heterocycles. The van der Waals surface area contributed by atoms with Crippen LogP contribution in [0.25, 0.3) is 11.3 Å². The van der Waals surface area contributed by atoms with Crippen LogP contribution in [0.5, 0.6) is 5.75 Å². The Labute approximate surface area is 163 Å². The molecule has 2 aliphatic rings. The lowest BCUT2D eigenvalue weighted by atomic mass is 10.1. The van der Waals surface area contributed by atoms with E-state index in [1.165, 1.54) is 0 Å². The smallest absolute Gasteiger partial charge is 0.169 e. The van der Waals surface area contributed by atoms with Gasteiger partial charge in [-0.1, -0.05) is 18.2 Å². The fourth-order valence-corrected chi connectivity index (χ4v) is 4.45. The summed E-state index contributed by atoms with van der Waals surface area (Å²) in [5, 5.41) is 18.5. The number of fused-ring (bicyclic) bond motifs is 2. The van der Waals surface area contributed by atoms with Gasteiger partial charge in [0.15, 0.2) is 5.82 Å². The Morgan fingerprint density at radius 3 is 2.43 bits per heavy atom. The molecule has 2 aromatic heterocycles. The lowest BCUT2D eigenvalue weighted by Gasteiger charge is -2.42. The van der Waals surface area contributed by atoms with Gasteiger partial charge < -0.3 is 20.6 Å². The molecular formula is C21H22N6O. The first-order valence-corrected chi connectivity index (χ1v) is 9.56. The average molecular weight is 374 g/mol. The number of hydrogen-bond donors (Lipinski definition) is 2. The quantitative estimate of drug-likeness (QED) is 0.728. The summed E-state index contributed by atoms with van der Waals surface area (Å²) in [4.78, 5) is 9.31. The third-order valence-electron chi connectivity index (χ3n) is 5.72. The normalized spacial score (nSPS) is 21.1. The Bertz CT molecular complexity index is 981. The Kier molecular flexibility index (Phi) is 4.00. The van der Waals surface area contributed by atoms with Crippen LogP contribution in [0, 0.1) is 0 Å². The van der Waals surface area contributed by atoms with Crippen LogP contribution in [0.4, 0.5) is 17.3 Å². The second-order valence-electron chi connectivity index (χ2n) is 7.40. The van der Waals surface area contributed by atoms with Crippen molar-refractivity contribution in [2.75, 3.05) is 28.6 Å². The van der Waals surface area contributed by atoms with E-state index in [1.54, 1.807) is 12.1 Å². The number of aromatic hydroxyl groups is 1. The number of hydrogen-bond acceptors (Lipinski definition) is 7. The van der Waals surface area contributed by atoms with E-state index in [4.69, 9.17) is 5.73 Å². The molecule has 4 heterocycles. The van der Waals surface area contributed by atoms with E-state index in [1.807, 2.05) is 36.5 Å². The maximum absolute atomic E-state index is 10.2. The lowest BCUT2D eigenvalue weighted by molar-refractivity contribution is 0.477. The van der Waals surface area contributed by atoms with Gasteiger partial charge in [-0.15, -0.1) is 10.2 Å². The number of nitrogens with zero attached hydrogens (tertiary/aromatic N) is 5. The van der Waals surface area contributed by atoms with Crippen LogP contribution in [0.2, 0.25) is 0 Å². The summed E-state index contributed by atoms with van der Waals surface area (Å²) in [5.41, 5.74) is 8.36. The number of anilines is 3. The molecule has 5 rings (SSSR count). The second-order valence-corrected chi connectivity index (χ2v) is 7.40. The zero-order valence-corrected chi connectivity index (χ0v) is 15.4. The number of phenols is 1. The van der Waals surface area contributed by atoms with Gasteiger partial charge in [0, 0.05) is 36.9 Å². The number of phenolic OH excluding ortho intramolecular Hbond substituents is 1. The zero-order valence-electron chi connectivity index (χ0n) is 15.4. The number of aromatic nitrogens is 3. The number of pyridine rings is 1. The standard InChI is InChI=1S/C21H22N6O/c22-21-18(11-17(24-25-21)16-5-1-2-6-19(16)28)26-12-14-8-9-15(13-26)27(14)20-7-3-4-10-23-20/h1-7,10-11,14-15,28H,8-9,12-13H2,(H2,22,25). The summed E-state index contributed by atoms with van der Waals surface area (Å²) in [6.45, 7) is 1.73. The van der Waals surface area contributed by atoms with Gasteiger partial charge in [0.1, 0.15) is 11.6 Å². The second kappa shape index (κ2) is 6.67. The van der Waals surface area contributed by atoms with Crippen molar-refractivity contribution in [2.45, 2.75) is 24.9 Å². The summed E-state index contributed by atoms with van der Waals surface area (Å²) >= 11 is 0. The van der Waals surface area contributed by atoms with Crippen molar-refractivity contribution in [3.05, 3.63) is 54.7 Å². The fourth-order valence-electron chi connectivity index (χ4n) is 4.45. The highest BCUT2D eigenvalue weighted by Gasteiger charge is 2.41. The fraction of sp³-hybridized carbons (Fsp3) is 0.286. The summed E-state index contributed by atoms with van der Waals surface area (Å²) in [7, 11) is 0. The van der Waals surface area contributed by atoms with Crippen LogP contribution < -0.4 is 15.5 Å². The van der Waals surface area contributed by atoms with E-state index in [2.05, 4.69) is 31.0 Å². The maximum atomic E-state index is 10.2. The highest BCUT2D eigenvalue weighted by molar-refractivity contribution is 5.74. The van der Waals surface area contributed by atoms with Crippen LogP contribution in [-0.4, -0.2) is 45.5 Å². The number of nitrogens with two attached hydrogens (primary N) is 1. The van der Waals surface area contributed by atoms with E-state index in [0.29, 0.717) is 29.2 Å². The Morgan fingerprint density at radius 1 is 0.964 bits per heavy atom. The molecule has 2 aliphatic heterocycles. The van der Waals surface area contributed by atoms with E-state index < -0.39 is 0 Å². The molecular weight excluding hydrogens is 352 g/mol. The minimum atomic E-state index is 0.188. The topological polar surface area (TPSA) is 91.4 Å². The predicted octanol–water partition coefficient (Wildman–Crippen LogP) is 2.68.